The Morgan fingerprint density at radius 2 is 1.82 bits per heavy atom. The Hall–Kier alpha value is -2.49. The molecule has 0 aliphatic rings. The van der Waals surface area contributed by atoms with E-state index in [-0.39, 0.29) is 5.91 Å². The van der Waals surface area contributed by atoms with Gasteiger partial charge in [-0.25, -0.2) is 5.43 Å². The highest BCUT2D eigenvalue weighted by atomic mass is 127. The van der Waals surface area contributed by atoms with E-state index in [0.29, 0.717) is 35.2 Å². The average Bonchev–Trinajstić information content (AvgIpc) is 2.71. The molecule has 28 heavy (non-hydrogen) atoms. The van der Waals surface area contributed by atoms with E-state index in [0.717, 1.165) is 15.6 Å². The molecule has 0 radical (unpaired) electrons. The number of amides is 1. The van der Waals surface area contributed by atoms with E-state index in [1.165, 1.54) is 13.3 Å². The van der Waals surface area contributed by atoms with Gasteiger partial charge in [-0.3, -0.25) is 4.79 Å². The van der Waals surface area contributed by atoms with Gasteiger partial charge in [0.2, 0.25) is 0 Å². The van der Waals surface area contributed by atoms with Crippen molar-refractivity contribution >= 4 is 34.7 Å². The van der Waals surface area contributed by atoms with Crippen LogP contribution in [0.2, 0.25) is 0 Å². The molecule has 0 heterocycles. The zero-order chi connectivity index (χ0) is 20.5. The number of nitrogens with zero attached hydrogens (tertiary/aromatic N) is 1. The minimum Gasteiger partial charge on any atom is -0.493 e. The molecule has 8 heteroatoms. The molecule has 0 atom stereocenters. The molecule has 0 fully saturated rings. The minimum atomic E-state index is -0.355. The Bertz CT molecular complexity index is 855. The Labute approximate surface area is 178 Å². The first-order valence-electron chi connectivity index (χ1n) is 8.59. The third kappa shape index (κ3) is 5.51. The van der Waals surface area contributed by atoms with Gasteiger partial charge in [0.25, 0.3) is 5.91 Å². The number of hydrogen-bond donors (Lipinski definition) is 1. The highest BCUT2D eigenvalue weighted by molar-refractivity contribution is 14.1. The maximum Gasteiger partial charge on any atom is 0.271 e. The van der Waals surface area contributed by atoms with Gasteiger partial charge in [-0.2, -0.15) is 5.10 Å². The molecule has 0 saturated heterocycles. The lowest BCUT2D eigenvalue weighted by Gasteiger charge is -2.11. The topological polar surface area (TPSA) is 78.4 Å². The molecular formula is C20H23IN2O5. The average molecular weight is 498 g/mol. The van der Waals surface area contributed by atoms with E-state index in [2.05, 4.69) is 33.1 Å². The lowest BCUT2D eigenvalue weighted by atomic mass is 10.2. The molecule has 0 spiro atoms. The van der Waals surface area contributed by atoms with Gasteiger partial charge < -0.3 is 18.9 Å². The molecule has 0 bridgehead atoms. The van der Waals surface area contributed by atoms with Gasteiger partial charge in [-0.05, 0) is 64.9 Å². The van der Waals surface area contributed by atoms with E-state index < -0.39 is 0 Å². The van der Waals surface area contributed by atoms with Crippen LogP contribution in [0.25, 0.3) is 0 Å². The fourth-order valence-corrected chi connectivity index (χ4v) is 3.23. The summed E-state index contributed by atoms with van der Waals surface area (Å²) in [7, 11) is 4.69. The first-order chi connectivity index (χ1) is 13.5. The number of methoxy groups -OCH3 is 3. The smallest absolute Gasteiger partial charge is 0.271 e. The monoisotopic (exact) mass is 498 g/mol. The Morgan fingerprint density at radius 3 is 2.46 bits per heavy atom. The minimum absolute atomic E-state index is 0.355. The number of benzene rings is 2. The molecule has 0 aliphatic heterocycles. The van der Waals surface area contributed by atoms with Crippen molar-refractivity contribution in [1.82, 2.24) is 5.43 Å². The van der Waals surface area contributed by atoms with Crippen molar-refractivity contribution in [3.63, 3.8) is 0 Å². The molecule has 0 aromatic heterocycles. The summed E-state index contributed by atoms with van der Waals surface area (Å²) in [5.41, 5.74) is 3.69. The van der Waals surface area contributed by atoms with Gasteiger partial charge in [0.1, 0.15) is 0 Å². The molecule has 1 amide bonds. The first-order valence-corrected chi connectivity index (χ1v) is 9.67. The number of nitrogens with one attached hydrogen (secondary N) is 1. The van der Waals surface area contributed by atoms with E-state index in [1.807, 2.05) is 13.0 Å². The maximum absolute atomic E-state index is 12.4. The second-order valence-corrected chi connectivity index (χ2v) is 6.81. The molecule has 0 unspecified atom stereocenters. The normalized spacial score (nSPS) is 10.6. The van der Waals surface area contributed by atoms with Gasteiger partial charge in [-0.15, -0.1) is 0 Å². The van der Waals surface area contributed by atoms with Crippen LogP contribution in [0.5, 0.6) is 23.0 Å². The van der Waals surface area contributed by atoms with Crippen LogP contribution in [0.4, 0.5) is 0 Å². The number of hydrazone groups is 1. The predicted octanol–water partition coefficient (Wildman–Crippen LogP) is 3.87. The molecule has 1 N–H and O–H groups in total. The third-order valence-corrected chi connectivity index (χ3v) is 4.52. The summed E-state index contributed by atoms with van der Waals surface area (Å²) < 4.78 is 22.4. The maximum atomic E-state index is 12.4. The second-order valence-electron chi connectivity index (χ2n) is 5.65. The zero-order valence-electron chi connectivity index (χ0n) is 16.2. The molecule has 0 saturated carbocycles. The van der Waals surface area contributed by atoms with Gasteiger partial charge in [0.05, 0.1) is 37.7 Å². The number of carbonyl (C=O) groups is 1. The zero-order valence-corrected chi connectivity index (χ0v) is 18.4. The highest BCUT2D eigenvalue weighted by Gasteiger charge is 2.12. The molecule has 2 aromatic carbocycles. The van der Waals surface area contributed by atoms with Gasteiger partial charge >= 0.3 is 0 Å². The largest absolute Gasteiger partial charge is 0.493 e. The van der Waals surface area contributed by atoms with Crippen LogP contribution in [0, 0.1) is 3.57 Å². The molecule has 2 aromatic rings. The summed E-state index contributed by atoms with van der Waals surface area (Å²) in [6.45, 7) is 2.60. The predicted molar refractivity (Wildman–Crippen MR) is 116 cm³/mol. The van der Waals surface area contributed by atoms with Crippen molar-refractivity contribution in [2.24, 2.45) is 5.10 Å². The number of rotatable bonds is 9. The van der Waals surface area contributed by atoms with Gasteiger partial charge in [0, 0.05) is 5.56 Å². The SMILES string of the molecule is CCCOc1ccc(C(=O)N/N=C/c2cc(I)c(OC)c(OC)c2)cc1OC. The van der Waals surface area contributed by atoms with Crippen LogP contribution in [-0.4, -0.2) is 40.1 Å². The van der Waals surface area contributed by atoms with Crippen LogP contribution >= 0.6 is 22.6 Å². The third-order valence-electron chi connectivity index (χ3n) is 3.72. The fraction of sp³-hybridized carbons (Fsp3) is 0.300. The van der Waals surface area contributed by atoms with Crippen LogP contribution in [0.3, 0.4) is 0 Å². The number of hydrogen-bond acceptors (Lipinski definition) is 6. The van der Waals surface area contributed by atoms with Crippen LogP contribution in [0.1, 0.15) is 29.3 Å². The van der Waals surface area contributed by atoms with Gasteiger partial charge in [0.15, 0.2) is 23.0 Å². The van der Waals surface area contributed by atoms with Crippen molar-refractivity contribution in [1.29, 1.82) is 0 Å². The summed E-state index contributed by atoms with van der Waals surface area (Å²) >= 11 is 2.15. The lowest BCUT2D eigenvalue weighted by molar-refractivity contribution is 0.0954. The quantitative estimate of drug-likeness (QED) is 0.323. The fourth-order valence-electron chi connectivity index (χ4n) is 2.38. The standard InChI is InChI=1S/C20H23IN2O5/c1-5-8-28-16-7-6-14(11-17(16)25-2)20(24)23-22-12-13-9-15(21)19(27-4)18(10-13)26-3/h6-7,9-12H,5,8H2,1-4H3,(H,23,24)/b22-12+. The second kappa shape index (κ2) is 10.7. The van der Waals surface area contributed by atoms with Crippen LogP contribution in [-0.2, 0) is 0 Å². The van der Waals surface area contributed by atoms with Crippen molar-refractivity contribution in [3.05, 3.63) is 45.0 Å². The van der Waals surface area contributed by atoms with Crippen LogP contribution in [0.15, 0.2) is 35.4 Å². The van der Waals surface area contributed by atoms with Crippen LogP contribution < -0.4 is 24.4 Å². The van der Waals surface area contributed by atoms with E-state index in [4.69, 9.17) is 18.9 Å². The number of ether oxygens (including phenoxy) is 4. The van der Waals surface area contributed by atoms with Crippen molar-refractivity contribution in [3.8, 4) is 23.0 Å². The number of halogens is 1. The Kier molecular flexibility index (Phi) is 8.37. The van der Waals surface area contributed by atoms with Crippen molar-refractivity contribution in [2.75, 3.05) is 27.9 Å². The summed E-state index contributed by atoms with van der Waals surface area (Å²) in [5, 5.41) is 4.02. The lowest BCUT2D eigenvalue weighted by Crippen LogP contribution is -2.17. The van der Waals surface area contributed by atoms with E-state index in [9.17, 15) is 4.79 Å². The summed E-state index contributed by atoms with van der Waals surface area (Å²) in [6, 6.07) is 8.65. The Morgan fingerprint density at radius 1 is 1.07 bits per heavy atom. The summed E-state index contributed by atoms with van der Waals surface area (Å²) in [5.74, 6) is 1.99. The van der Waals surface area contributed by atoms with Gasteiger partial charge in [-0.1, -0.05) is 6.92 Å². The summed E-state index contributed by atoms with van der Waals surface area (Å²) in [6.07, 6.45) is 2.42. The van der Waals surface area contributed by atoms with Crippen molar-refractivity contribution < 1.29 is 23.7 Å². The molecule has 7 nitrogen and oxygen atoms in total. The molecular weight excluding hydrogens is 475 g/mol. The van der Waals surface area contributed by atoms with E-state index in [1.54, 1.807) is 38.5 Å². The number of carbonyl (C=O) groups excluding carboxylic acids is 1. The molecule has 150 valence electrons. The highest BCUT2D eigenvalue weighted by Crippen LogP contribution is 2.33. The molecule has 0 aliphatic carbocycles. The summed E-state index contributed by atoms with van der Waals surface area (Å²) in [4.78, 5) is 12.4. The Balaban J connectivity index is 2.10. The molecule has 2 rings (SSSR count). The van der Waals surface area contributed by atoms with E-state index >= 15 is 0 Å². The first kappa shape index (κ1) is 21.8. The van der Waals surface area contributed by atoms with Crippen molar-refractivity contribution in [2.45, 2.75) is 13.3 Å².